The third-order valence-electron chi connectivity index (χ3n) is 3.00. The molecule has 0 radical (unpaired) electrons. The minimum Gasteiger partial charge on any atom is -0.467 e. The number of hydrogen-bond donors (Lipinski definition) is 4. The summed E-state index contributed by atoms with van der Waals surface area (Å²) in [5, 5.41) is 2.55. The number of pyridine rings is 1. The third-order valence-corrected chi connectivity index (χ3v) is 3.00. The molecule has 0 aromatic carbocycles. The molecule has 0 spiro atoms. The van der Waals surface area contributed by atoms with E-state index in [0.29, 0.717) is 5.69 Å². The van der Waals surface area contributed by atoms with E-state index in [1.807, 2.05) is 0 Å². The number of ether oxygens (including phenoxy) is 1. The average Bonchev–Trinajstić information content (AvgIpc) is 2.98. The van der Waals surface area contributed by atoms with Gasteiger partial charge in [-0.3, -0.25) is 9.78 Å². The number of rotatable bonds is 5. The fourth-order valence-corrected chi connectivity index (χ4v) is 1.94. The van der Waals surface area contributed by atoms with Gasteiger partial charge in [-0.1, -0.05) is 0 Å². The van der Waals surface area contributed by atoms with Gasteiger partial charge in [0.15, 0.2) is 0 Å². The number of anilines is 2. The van der Waals surface area contributed by atoms with Gasteiger partial charge in [0.2, 0.25) is 0 Å². The molecule has 22 heavy (non-hydrogen) atoms. The smallest absolute Gasteiger partial charge is 0.328 e. The van der Waals surface area contributed by atoms with Crippen molar-refractivity contribution in [3.05, 3.63) is 36.2 Å². The first kappa shape index (κ1) is 15.3. The molecule has 2 heterocycles. The van der Waals surface area contributed by atoms with Gasteiger partial charge in [-0.2, -0.15) is 0 Å². The largest absolute Gasteiger partial charge is 0.467 e. The highest BCUT2D eigenvalue weighted by Crippen LogP contribution is 2.17. The van der Waals surface area contributed by atoms with Crippen molar-refractivity contribution in [2.24, 2.45) is 0 Å². The van der Waals surface area contributed by atoms with Gasteiger partial charge in [-0.25, -0.2) is 9.78 Å². The highest BCUT2D eigenvalue weighted by atomic mass is 16.5. The predicted octanol–water partition coefficient (Wildman–Crippen LogP) is -0.517. The van der Waals surface area contributed by atoms with Crippen LogP contribution in [-0.2, 0) is 16.0 Å². The first-order valence-corrected chi connectivity index (χ1v) is 6.37. The Balaban J connectivity index is 2.19. The zero-order chi connectivity index (χ0) is 16.1. The van der Waals surface area contributed by atoms with Crippen LogP contribution < -0.4 is 16.8 Å². The maximum atomic E-state index is 12.3. The fourth-order valence-electron chi connectivity index (χ4n) is 1.94. The summed E-state index contributed by atoms with van der Waals surface area (Å²) >= 11 is 0. The summed E-state index contributed by atoms with van der Waals surface area (Å²) in [5.74, 6) is -1.17. The van der Waals surface area contributed by atoms with Gasteiger partial charge in [-0.15, -0.1) is 0 Å². The second-order valence-electron chi connectivity index (χ2n) is 4.52. The second kappa shape index (κ2) is 6.57. The van der Waals surface area contributed by atoms with Crippen molar-refractivity contribution in [3.8, 4) is 0 Å². The molecule has 0 aliphatic heterocycles. The molecule has 2 rings (SSSR count). The molecule has 116 valence electrons. The van der Waals surface area contributed by atoms with Crippen molar-refractivity contribution in [2.45, 2.75) is 12.5 Å². The van der Waals surface area contributed by atoms with Crippen LogP contribution >= 0.6 is 0 Å². The van der Waals surface area contributed by atoms with Crippen LogP contribution in [0.5, 0.6) is 0 Å². The van der Waals surface area contributed by atoms with Crippen molar-refractivity contribution < 1.29 is 14.3 Å². The number of nitrogen functional groups attached to an aromatic ring is 2. The second-order valence-corrected chi connectivity index (χ2v) is 4.52. The zero-order valence-electron chi connectivity index (χ0n) is 11.9. The molecule has 2 aromatic rings. The van der Waals surface area contributed by atoms with E-state index in [1.165, 1.54) is 25.8 Å². The summed E-state index contributed by atoms with van der Waals surface area (Å²) in [4.78, 5) is 34.6. The Labute approximate surface area is 126 Å². The monoisotopic (exact) mass is 304 g/mol. The molecule has 9 nitrogen and oxygen atoms in total. The first-order valence-electron chi connectivity index (χ1n) is 6.37. The lowest BCUT2D eigenvalue weighted by molar-refractivity contribution is -0.142. The number of carbonyl (C=O) groups is 2. The van der Waals surface area contributed by atoms with E-state index < -0.39 is 17.9 Å². The summed E-state index contributed by atoms with van der Waals surface area (Å²) in [6.07, 6.45) is 5.85. The summed E-state index contributed by atoms with van der Waals surface area (Å²) in [7, 11) is 1.24. The van der Waals surface area contributed by atoms with Crippen LogP contribution in [0.1, 0.15) is 16.1 Å². The minimum atomic E-state index is -0.898. The highest BCUT2D eigenvalue weighted by Gasteiger charge is 2.25. The van der Waals surface area contributed by atoms with Crippen LogP contribution in [0.3, 0.4) is 0 Å². The number of nitrogens with two attached hydrogens (primary N) is 2. The maximum Gasteiger partial charge on any atom is 0.328 e. The van der Waals surface area contributed by atoms with Crippen LogP contribution in [0.15, 0.2) is 24.9 Å². The number of H-pyrrole nitrogens is 1. The van der Waals surface area contributed by atoms with Crippen molar-refractivity contribution in [1.29, 1.82) is 0 Å². The van der Waals surface area contributed by atoms with E-state index in [-0.39, 0.29) is 23.4 Å². The summed E-state index contributed by atoms with van der Waals surface area (Å²) in [5.41, 5.74) is 12.4. The molecule has 0 aliphatic rings. The number of esters is 1. The van der Waals surface area contributed by atoms with E-state index in [1.54, 1.807) is 6.20 Å². The van der Waals surface area contributed by atoms with Crippen LogP contribution in [-0.4, -0.2) is 40.0 Å². The van der Waals surface area contributed by atoms with Crippen LogP contribution in [0, 0.1) is 0 Å². The molecule has 0 unspecified atom stereocenters. The van der Waals surface area contributed by atoms with E-state index in [4.69, 9.17) is 16.2 Å². The zero-order valence-corrected chi connectivity index (χ0v) is 11.9. The molecule has 0 bridgehead atoms. The maximum absolute atomic E-state index is 12.3. The number of methoxy groups -OCH3 is 1. The number of imidazole rings is 1. The Kier molecular flexibility index (Phi) is 4.57. The SMILES string of the molecule is COC(=O)[C@@H](Cc1cnc[nH]1)NC(=O)c1c(N)cncc1N. The van der Waals surface area contributed by atoms with Gasteiger partial charge >= 0.3 is 5.97 Å². The third kappa shape index (κ3) is 3.32. The van der Waals surface area contributed by atoms with Gasteiger partial charge in [0.1, 0.15) is 6.04 Å². The molecule has 1 atom stereocenters. The highest BCUT2D eigenvalue weighted by molar-refractivity contribution is 6.05. The Morgan fingerprint density at radius 1 is 1.27 bits per heavy atom. The standard InChI is InChI=1S/C13H16N6O3/c1-22-13(21)10(2-7-3-17-6-18-7)19-12(20)11-8(14)4-16-5-9(11)15/h3-6,10H,2,14-15H2,1H3,(H,17,18)(H,19,20)/t10-/m1/s1. The van der Waals surface area contributed by atoms with E-state index in [2.05, 4.69) is 20.3 Å². The van der Waals surface area contributed by atoms with Crippen molar-refractivity contribution >= 4 is 23.3 Å². The average molecular weight is 304 g/mol. The van der Waals surface area contributed by atoms with Crippen molar-refractivity contribution in [3.63, 3.8) is 0 Å². The molecule has 9 heteroatoms. The van der Waals surface area contributed by atoms with Crippen molar-refractivity contribution in [2.75, 3.05) is 18.6 Å². The summed E-state index contributed by atoms with van der Waals surface area (Å²) < 4.78 is 4.70. The number of aromatic amines is 1. The van der Waals surface area contributed by atoms with Crippen LogP contribution in [0.4, 0.5) is 11.4 Å². The molecule has 1 amide bonds. The number of nitrogens with zero attached hydrogens (tertiary/aromatic N) is 2. The Hall–Kier alpha value is -3.10. The summed E-state index contributed by atoms with van der Waals surface area (Å²) in [6.45, 7) is 0. The fraction of sp³-hybridized carbons (Fsp3) is 0.231. The molecule has 2 aromatic heterocycles. The lowest BCUT2D eigenvalue weighted by Crippen LogP contribution is -2.43. The topological polar surface area (TPSA) is 149 Å². The molecule has 0 saturated heterocycles. The van der Waals surface area contributed by atoms with Crippen LogP contribution in [0.25, 0.3) is 0 Å². The van der Waals surface area contributed by atoms with E-state index in [0.717, 1.165) is 0 Å². The molecular formula is C13H16N6O3. The lowest BCUT2D eigenvalue weighted by atomic mass is 10.1. The number of aromatic nitrogens is 3. The van der Waals surface area contributed by atoms with Gasteiger partial charge in [0, 0.05) is 18.3 Å². The number of amides is 1. The van der Waals surface area contributed by atoms with Crippen LogP contribution in [0.2, 0.25) is 0 Å². The summed E-state index contributed by atoms with van der Waals surface area (Å²) in [6, 6.07) is -0.898. The van der Waals surface area contributed by atoms with E-state index >= 15 is 0 Å². The molecular weight excluding hydrogens is 288 g/mol. The van der Waals surface area contributed by atoms with Gasteiger partial charge in [0.05, 0.1) is 42.8 Å². The number of carbonyl (C=O) groups excluding carboxylic acids is 2. The first-order chi connectivity index (χ1) is 10.5. The van der Waals surface area contributed by atoms with E-state index in [9.17, 15) is 9.59 Å². The quantitative estimate of drug-likeness (QED) is 0.543. The number of hydrogen-bond acceptors (Lipinski definition) is 7. The molecule has 6 N–H and O–H groups in total. The normalized spacial score (nSPS) is 11.7. The lowest BCUT2D eigenvalue weighted by Gasteiger charge is -2.17. The van der Waals surface area contributed by atoms with Gasteiger partial charge in [0.25, 0.3) is 5.91 Å². The molecule has 0 saturated carbocycles. The van der Waals surface area contributed by atoms with Crippen molar-refractivity contribution in [1.82, 2.24) is 20.3 Å². The molecule has 0 fully saturated rings. The Morgan fingerprint density at radius 2 is 1.95 bits per heavy atom. The predicted molar refractivity (Wildman–Crippen MR) is 78.6 cm³/mol. The van der Waals surface area contributed by atoms with Gasteiger partial charge in [-0.05, 0) is 0 Å². The Bertz CT molecular complexity index is 650. The number of nitrogens with one attached hydrogen (secondary N) is 2. The van der Waals surface area contributed by atoms with Gasteiger partial charge < -0.3 is 26.5 Å². The minimum absolute atomic E-state index is 0.0773. The Morgan fingerprint density at radius 3 is 2.50 bits per heavy atom. The molecule has 0 aliphatic carbocycles.